The Morgan fingerprint density at radius 1 is 1.20 bits per heavy atom. The average molecular weight is 303 g/mol. The van der Waals surface area contributed by atoms with Gasteiger partial charge in [0.05, 0.1) is 4.90 Å². The molecule has 5 nitrogen and oxygen atoms in total. The molecule has 0 aliphatic rings. The fourth-order valence-corrected chi connectivity index (χ4v) is 3.31. The monoisotopic (exact) mass is 303 g/mol. The molecule has 0 aliphatic carbocycles. The Kier molecular flexibility index (Phi) is 5.50. The maximum atomic E-state index is 13.6. The molecule has 1 rings (SSSR count). The summed E-state index contributed by atoms with van der Waals surface area (Å²) in [6.45, 7) is 2.59. The number of nitrogens with two attached hydrogens (primary N) is 1. The highest BCUT2D eigenvalue weighted by atomic mass is 32.2. The SMILES string of the molecule is Cc1c(F)cc(N)cc1S(=O)(=O)N(C)CCCN(C)C. The van der Waals surface area contributed by atoms with E-state index in [2.05, 4.69) is 0 Å². The summed E-state index contributed by atoms with van der Waals surface area (Å²) < 4.78 is 39.7. The van der Waals surface area contributed by atoms with Crippen LogP contribution >= 0.6 is 0 Å². The van der Waals surface area contributed by atoms with Crippen molar-refractivity contribution in [2.24, 2.45) is 0 Å². The lowest BCUT2D eigenvalue weighted by Crippen LogP contribution is -2.30. The molecule has 0 radical (unpaired) electrons. The van der Waals surface area contributed by atoms with Crippen LogP contribution in [0, 0.1) is 12.7 Å². The van der Waals surface area contributed by atoms with Gasteiger partial charge in [0, 0.05) is 24.8 Å². The van der Waals surface area contributed by atoms with Crippen molar-refractivity contribution >= 4 is 15.7 Å². The van der Waals surface area contributed by atoms with Crippen LogP contribution in [0.1, 0.15) is 12.0 Å². The van der Waals surface area contributed by atoms with E-state index in [1.165, 1.54) is 24.3 Å². The van der Waals surface area contributed by atoms with E-state index >= 15 is 0 Å². The molecule has 1 aromatic carbocycles. The third-order valence-corrected chi connectivity index (χ3v) is 5.07. The van der Waals surface area contributed by atoms with Gasteiger partial charge in [-0.25, -0.2) is 17.1 Å². The highest BCUT2D eigenvalue weighted by Gasteiger charge is 2.24. The number of halogens is 1. The van der Waals surface area contributed by atoms with Crippen LogP contribution in [0.5, 0.6) is 0 Å². The molecule has 0 fully saturated rings. The van der Waals surface area contributed by atoms with Gasteiger partial charge in [-0.15, -0.1) is 0 Å². The first-order chi connectivity index (χ1) is 9.16. The lowest BCUT2D eigenvalue weighted by atomic mass is 10.2. The van der Waals surface area contributed by atoms with E-state index in [0.717, 1.165) is 12.6 Å². The molecule has 20 heavy (non-hydrogen) atoms. The fraction of sp³-hybridized carbons (Fsp3) is 0.538. The molecule has 0 atom stereocenters. The Morgan fingerprint density at radius 3 is 2.35 bits per heavy atom. The van der Waals surface area contributed by atoms with Gasteiger partial charge < -0.3 is 10.6 Å². The summed E-state index contributed by atoms with van der Waals surface area (Å²) in [5.41, 5.74) is 5.74. The van der Waals surface area contributed by atoms with Crippen LogP contribution in [-0.4, -0.2) is 51.9 Å². The summed E-state index contributed by atoms with van der Waals surface area (Å²) in [7, 11) is 1.62. The zero-order valence-corrected chi connectivity index (χ0v) is 13.2. The molecular formula is C13H22FN3O2S. The van der Waals surface area contributed by atoms with Crippen molar-refractivity contribution in [2.45, 2.75) is 18.2 Å². The van der Waals surface area contributed by atoms with E-state index in [-0.39, 0.29) is 16.1 Å². The second-order valence-corrected chi connectivity index (χ2v) is 7.12. The topological polar surface area (TPSA) is 66.6 Å². The van der Waals surface area contributed by atoms with Crippen LogP contribution in [0.2, 0.25) is 0 Å². The summed E-state index contributed by atoms with van der Waals surface area (Å²) in [6, 6.07) is 2.43. The van der Waals surface area contributed by atoms with Crippen molar-refractivity contribution in [3.63, 3.8) is 0 Å². The molecule has 1 aromatic rings. The molecule has 0 unspecified atom stereocenters. The van der Waals surface area contributed by atoms with Crippen LogP contribution in [0.25, 0.3) is 0 Å². The Balaban J connectivity index is 2.99. The predicted molar refractivity (Wildman–Crippen MR) is 78.5 cm³/mol. The maximum Gasteiger partial charge on any atom is 0.243 e. The first-order valence-electron chi connectivity index (χ1n) is 6.33. The summed E-state index contributed by atoms with van der Waals surface area (Å²) in [5.74, 6) is -0.606. The predicted octanol–water partition coefficient (Wildman–Crippen LogP) is 1.29. The Labute approximate surface area is 120 Å². The molecule has 0 aromatic heterocycles. The van der Waals surface area contributed by atoms with Crippen molar-refractivity contribution in [2.75, 3.05) is 40.0 Å². The van der Waals surface area contributed by atoms with Crippen molar-refractivity contribution in [1.82, 2.24) is 9.21 Å². The van der Waals surface area contributed by atoms with E-state index in [1.807, 2.05) is 19.0 Å². The number of anilines is 1. The Hall–Kier alpha value is -1.18. The van der Waals surface area contributed by atoms with Crippen molar-refractivity contribution < 1.29 is 12.8 Å². The number of hydrogen-bond acceptors (Lipinski definition) is 4. The third-order valence-electron chi connectivity index (χ3n) is 3.09. The highest BCUT2D eigenvalue weighted by Crippen LogP contribution is 2.24. The summed E-state index contributed by atoms with van der Waals surface area (Å²) >= 11 is 0. The van der Waals surface area contributed by atoms with Crippen LogP contribution in [-0.2, 0) is 10.0 Å². The second kappa shape index (κ2) is 6.51. The van der Waals surface area contributed by atoms with Crippen molar-refractivity contribution in [3.05, 3.63) is 23.5 Å². The molecule has 114 valence electrons. The quantitative estimate of drug-likeness (QED) is 0.804. The molecule has 0 bridgehead atoms. The van der Waals surface area contributed by atoms with Crippen LogP contribution in [0.4, 0.5) is 10.1 Å². The summed E-state index contributed by atoms with van der Waals surface area (Å²) in [5, 5.41) is 0. The molecule has 2 N–H and O–H groups in total. The first kappa shape index (κ1) is 16.9. The third kappa shape index (κ3) is 3.91. The molecule has 0 saturated carbocycles. The maximum absolute atomic E-state index is 13.6. The normalized spacial score (nSPS) is 12.3. The van der Waals surface area contributed by atoms with E-state index in [1.54, 1.807) is 0 Å². The minimum Gasteiger partial charge on any atom is -0.399 e. The standard InChI is InChI=1S/C13H22FN3O2S/c1-10-12(14)8-11(15)9-13(10)20(18,19)17(4)7-5-6-16(2)3/h8-9H,5-7,15H2,1-4H3. The summed E-state index contributed by atoms with van der Waals surface area (Å²) in [6.07, 6.45) is 0.701. The number of nitrogen functional groups attached to an aromatic ring is 1. The highest BCUT2D eigenvalue weighted by molar-refractivity contribution is 7.89. The van der Waals surface area contributed by atoms with Gasteiger partial charge >= 0.3 is 0 Å². The molecule has 0 amide bonds. The smallest absolute Gasteiger partial charge is 0.243 e. The van der Waals surface area contributed by atoms with Crippen LogP contribution in [0.15, 0.2) is 17.0 Å². The van der Waals surface area contributed by atoms with Gasteiger partial charge in [-0.05, 0) is 46.1 Å². The number of nitrogens with zero attached hydrogens (tertiary/aromatic N) is 2. The number of rotatable bonds is 6. The van der Waals surface area contributed by atoms with Gasteiger partial charge in [0.15, 0.2) is 0 Å². The number of hydrogen-bond donors (Lipinski definition) is 1. The van der Waals surface area contributed by atoms with E-state index in [0.29, 0.717) is 13.0 Å². The van der Waals surface area contributed by atoms with Crippen molar-refractivity contribution in [1.29, 1.82) is 0 Å². The van der Waals surface area contributed by atoms with Gasteiger partial charge in [-0.1, -0.05) is 0 Å². The largest absolute Gasteiger partial charge is 0.399 e. The van der Waals surface area contributed by atoms with Crippen LogP contribution in [0.3, 0.4) is 0 Å². The zero-order valence-electron chi connectivity index (χ0n) is 12.4. The van der Waals surface area contributed by atoms with Gasteiger partial charge in [-0.2, -0.15) is 0 Å². The second-order valence-electron chi connectivity index (χ2n) is 5.11. The Bertz CT molecular complexity index is 573. The van der Waals surface area contributed by atoms with Crippen LogP contribution < -0.4 is 5.73 Å². The lowest BCUT2D eigenvalue weighted by Gasteiger charge is -2.20. The van der Waals surface area contributed by atoms with Gasteiger partial charge in [-0.3, -0.25) is 0 Å². The molecule has 0 aliphatic heterocycles. The first-order valence-corrected chi connectivity index (χ1v) is 7.77. The molecule has 0 spiro atoms. The fourth-order valence-electron chi connectivity index (χ4n) is 1.84. The molecule has 0 saturated heterocycles. The van der Waals surface area contributed by atoms with E-state index < -0.39 is 15.8 Å². The molecule has 7 heteroatoms. The average Bonchev–Trinajstić information content (AvgIpc) is 2.32. The molecular weight excluding hydrogens is 281 g/mol. The van der Waals surface area contributed by atoms with Crippen molar-refractivity contribution in [3.8, 4) is 0 Å². The van der Waals surface area contributed by atoms with E-state index in [4.69, 9.17) is 5.73 Å². The number of sulfonamides is 1. The zero-order chi connectivity index (χ0) is 15.5. The van der Waals surface area contributed by atoms with Gasteiger partial charge in [0.25, 0.3) is 0 Å². The minimum atomic E-state index is -3.72. The lowest BCUT2D eigenvalue weighted by molar-refractivity contribution is 0.370. The van der Waals surface area contributed by atoms with E-state index in [9.17, 15) is 12.8 Å². The van der Waals surface area contributed by atoms with Gasteiger partial charge in [0.1, 0.15) is 5.82 Å². The van der Waals surface area contributed by atoms with Gasteiger partial charge in [0.2, 0.25) is 10.0 Å². The minimum absolute atomic E-state index is 0.0673. The number of benzene rings is 1. The molecule has 0 heterocycles. The summed E-state index contributed by atoms with van der Waals surface area (Å²) in [4.78, 5) is 1.91. The Morgan fingerprint density at radius 2 is 1.80 bits per heavy atom.